The third kappa shape index (κ3) is 4.82. The Morgan fingerprint density at radius 2 is 1.82 bits per heavy atom. The Kier molecular flexibility index (Phi) is 8.11. The van der Waals surface area contributed by atoms with Gasteiger partial charge in [0.1, 0.15) is 0 Å². The van der Waals surface area contributed by atoms with Gasteiger partial charge in [0.15, 0.2) is 0 Å². The molecule has 0 saturated carbocycles. The van der Waals surface area contributed by atoms with Gasteiger partial charge in [0.25, 0.3) is 0 Å². The van der Waals surface area contributed by atoms with Gasteiger partial charge in [-0.3, -0.25) is 9.69 Å². The van der Waals surface area contributed by atoms with Crippen LogP contribution in [0.3, 0.4) is 0 Å². The number of piperidine rings is 1. The predicted octanol–water partition coefficient (Wildman–Crippen LogP) is 1.54. The molecule has 0 radical (unpaired) electrons. The molecule has 1 amide bonds. The predicted molar refractivity (Wildman–Crippen MR) is 91.3 cm³/mol. The summed E-state index contributed by atoms with van der Waals surface area (Å²) in [6.07, 6.45) is 5.87. The smallest absolute Gasteiger partial charge is 0.237 e. The average Bonchev–Trinajstić information content (AvgIpc) is 2.53. The van der Waals surface area contributed by atoms with Gasteiger partial charge < -0.3 is 15.8 Å². The van der Waals surface area contributed by atoms with Gasteiger partial charge in [-0.2, -0.15) is 0 Å². The fourth-order valence-electron chi connectivity index (χ4n) is 3.40. The molecule has 6 heteroatoms. The third-order valence-corrected chi connectivity index (χ3v) is 5.06. The second-order valence-corrected chi connectivity index (χ2v) is 6.87. The van der Waals surface area contributed by atoms with Gasteiger partial charge in [-0.25, -0.2) is 0 Å². The van der Waals surface area contributed by atoms with E-state index in [2.05, 4.69) is 10.2 Å². The number of hydrogen-bond acceptors (Lipinski definition) is 4. The highest BCUT2D eigenvalue weighted by atomic mass is 35.5. The number of hydrogen-bond donors (Lipinski definition) is 2. The highest BCUT2D eigenvalue weighted by Gasteiger charge is 2.39. The van der Waals surface area contributed by atoms with Crippen molar-refractivity contribution in [1.29, 1.82) is 0 Å². The van der Waals surface area contributed by atoms with Gasteiger partial charge in [0.2, 0.25) is 5.91 Å². The quantitative estimate of drug-likeness (QED) is 0.801. The van der Waals surface area contributed by atoms with Gasteiger partial charge in [-0.15, -0.1) is 12.4 Å². The Morgan fingerprint density at radius 1 is 1.23 bits per heavy atom. The van der Waals surface area contributed by atoms with Crippen molar-refractivity contribution in [1.82, 2.24) is 10.2 Å². The molecule has 2 rings (SSSR count). The summed E-state index contributed by atoms with van der Waals surface area (Å²) in [6, 6.07) is -0.414. The van der Waals surface area contributed by atoms with Crippen molar-refractivity contribution in [2.75, 3.05) is 32.8 Å². The van der Waals surface area contributed by atoms with Crippen LogP contribution in [0.25, 0.3) is 0 Å². The van der Waals surface area contributed by atoms with Crippen LogP contribution in [-0.2, 0) is 9.53 Å². The van der Waals surface area contributed by atoms with Crippen LogP contribution in [0.2, 0.25) is 0 Å². The first kappa shape index (κ1) is 19.7. The maximum Gasteiger partial charge on any atom is 0.237 e. The number of likely N-dealkylation sites (tertiary alicyclic amines) is 1. The number of ether oxygens (including phenoxy) is 1. The van der Waals surface area contributed by atoms with Crippen molar-refractivity contribution < 1.29 is 9.53 Å². The van der Waals surface area contributed by atoms with Crippen molar-refractivity contribution in [3.05, 3.63) is 0 Å². The molecule has 2 aliphatic rings. The molecule has 0 bridgehead atoms. The molecule has 0 aromatic carbocycles. The zero-order valence-electron chi connectivity index (χ0n) is 14.0. The van der Waals surface area contributed by atoms with Crippen molar-refractivity contribution in [3.8, 4) is 0 Å². The Morgan fingerprint density at radius 3 is 2.36 bits per heavy atom. The lowest BCUT2D eigenvalue weighted by atomic mass is 9.86. The van der Waals surface area contributed by atoms with E-state index in [1.165, 1.54) is 19.3 Å². The Bertz CT molecular complexity index is 340. The number of nitrogens with two attached hydrogens (primary N) is 1. The minimum absolute atomic E-state index is 0. The summed E-state index contributed by atoms with van der Waals surface area (Å²) in [5.74, 6) is 0.151. The van der Waals surface area contributed by atoms with E-state index in [9.17, 15) is 4.79 Å². The summed E-state index contributed by atoms with van der Waals surface area (Å²) in [5.41, 5.74) is 6.02. The first-order valence-electron chi connectivity index (χ1n) is 8.41. The third-order valence-electron chi connectivity index (χ3n) is 5.06. The zero-order valence-corrected chi connectivity index (χ0v) is 14.8. The SMILES string of the molecule is CC(C)[C@H](N)C(=O)NCC1(N2CCCCC2)CCOCC1.Cl. The molecule has 0 unspecified atom stereocenters. The summed E-state index contributed by atoms with van der Waals surface area (Å²) in [6.45, 7) is 8.55. The van der Waals surface area contributed by atoms with Crippen LogP contribution in [0, 0.1) is 5.92 Å². The van der Waals surface area contributed by atoms with Crippen LogP contribution in [0.15, 0.2) is 0 Å². The molecule has 2 heterocycles. The average molecular weight is 334 g/mol. The van der Waals surface area contributed by atoms with E-state index in [0.29, 0.717) is 6.54 Å². The Balaban J connectivity index is 0.00000242. The number of rotatable bonds is 5. The summed E-state index contributed by atoms with van der Waals surface area (Å²) in [5, 5.41) is 3.11. The molecule has 2 saturated heterocycles. The van der Waals surface area contributed by atoms with E-state index in [4.69, 9.17) is 10.5 Å². The molecule has 5 nitrogen and oxygen atoms in total. The van der Waals surface area contributed by atoms with Gasteiger partial charge in [0.05, 0.1) is 6.04 Å². The first-order chi connectivity index (χ1) is 10.1. The first-order valence-corrected chi connectivity index (χ1v) is 8.41. The van der Waals surface area contributed by atoms with E-state index in [1.807, 2.05) is 13.8 Å². The highest BCUT2D eigenvalue weighted by molar-refractivity contribution is 5.85. The minimum atomic E-state index is -0.414. The van der Waals surface area contributed by atoms with E-state index in [-0.39, 0.29) is 29.8 Å². The Labute approximate surface area is 140 Å². The molecule has 0 aromatic rings. The van der Waals surface area contributed by atoms with Gasteiger partial charge in [0, 0.05) is 25.3 Å². The second-order valence-electron chi connectivity index (χ2n) is 6.87. The van der Waals surface area contributed by atoms with Gasteiger partial charge in [-0.05, 0) is 44.7 Å². The normalized spacial score (nSPS) is 23.6. The van der Waals surface area contributed by atoms with Crippen molar-refractivity contribution >= 4 is 18.3 Å². The van der Waals surface area contributed by atoms with Crippen LogP contribution in [0.1, 0.15) is 46.0 Å². The molecular formula is C16H32ClN3O2. The van der Waals surface area contributed by atoms with Crippen LogP contribution in [-0.4, -0.2) is 55.2 Å². The van der Waals surface area contributed by atoms with E-state index >= 15 is 0 Å². The summed E-state index contributed by atoms with van der Waals surface area (Å²) < 4.78 is 5.54. The standard InChI is InChI=1S/C16H31N3O2.ClH/c1-13(2)14(17)15(20)18-12-16(6-10-21-11-7-16)19-8-4-3-5-9-19;/h13-14H,3-12,17H2,1-2H3,(H,18,20);1H/t14-;/m0./s1. The second kappa shape index (κ2) is 9.06. The largest absolute Gasteiger partial charge is 0.381 e. The fourth-order valence-corrected chi connectivity index (χ4v) is 3.40. The lowest BCUT2D eigenvalue weighted by molar-refractivity contribution is -0.124. The summed E-state index contributed by atoms with van der Waals surface area (Å²) >= 11 is 0. The van der Waals surface area contributed by atoms with Crippen LogP contribution >= 0.6 is 12.4 Å². The molecule has 0 aliphatic carbocycles. The van der Waals surface area contributed by atoms with E-state index in [0.717, 1.165) is 39.1 Å². The molecule has 130 valence electrons. The monoisotopic (exact) mass is 333 g/mol. The maximum absolute atomic E-state index is 12.2. The van der Waals surface area contributed by atoms with E-state index < -0.39 is 6.04 Å². The van der Waals surface area contributed by atoms with Crippen molar-refractivity contribution in [2.24, 2.45) is 11.7 Å². The minimum Gasteiger partial charge on any atom is -0.381 e. The number of nitrogens with zero attached hydrogens (tertiary/aromatic N) is 1. The van der Waals surface area contributed by atoms with Gasteiger partial charge >= 0.3 is 0 Å². The van der Waals surface area contributed by atoms with Crippen LogP contribution < -0.4 is 11.1 Å². The molecule has 0 spiro atoms. The van der Waals surface area contributed by atoms with E-state index in [1.54, 1.807) is 0 Å². The molecule has 0 aromatic heterocycles. The molecule has 2 aliphatic heterocycles. The van der Waals surface area contributed by atoms with Crippen LogP contribution in [0.5, 0.6) is 0 Å². The lowest BCUT2D eigenvalue weighted by Crippen LogP contribution is -2.60. The molecule has 22 heavy (non-hydrogen) atoms. The zero-order chi connectivity index (χ0) is 15.3. The van der Waals surface area contributed by atoms with Crippen molar-refractivity contribution in [2.45, 2.75) is 57.5 Å². The number of carbonyl (C=O) groups is 1. The molecule has 2 fully saturated rings. The lowest BCUT2D eigenvalue weighted by Gasteiger charge is -2.48. The number of amides is 1. The number of nitrogens with one attached hydrogen (secondary N) is 1. The molecule has 3 N–H and O–H groups in total. The highest BCUT2D eigenvalue weighted by Crippen LogP contribution is 2.30. The van der Waals surface area contributed by atoms with Crippen molar-refractivity contribution in [3.63, 3.8) is 0 Å². The summed E-state index contributed by atoms with van der Waals surface area (Å²) in [7, 11) is 0. The fraction of sp³-hybridized carbons (Fsp3) is 0.938. The summed E-state index contributed by atoms with van der Waals surface area (Å²) in [4.78, 5) is 14.7. The number of carbonyl (C=O) groups excluding carboxylic acids is 1. The maximum atomic E-state index is 12.2. The molecular weight excluding hydrogens is 302 g/mol. The molecule has 1 atom stereocenters. The number of halogens is 1. The topological polar surface area (TPSA) is 67.6 Å². The Hall–Kier alpha value is -0.360. The van der Waals surface area contributed by atoms with Crippen LogP contribution in [0.4, 0.5) is 0 Å². The van der Waals surface area contributed by atoms with Gasteiger partial charge in [-0.1, -0.05) is 20.3 Å².